The minimum atomic E-state index is -0.0765. The molecule has 7 nitrogen and oxygen atoms in total. The van der Waals surface area contributed by atoms with Crippen molar-refractivity contribution in [2.45, 2.75) is 6.54 Å². The molecule has 33 heavy (non-hydrogen) atoms. The van der Waals surface area contributed by atoms with Gasteiger partial charge in [0.05, 0.1) is 32.0 Å². The molecule has 3 heterocycles. The van der Waals surface area contributed by atoms with E-state index in [0.717, 1.165) is 59.3 Å². The smallest absolute Gasteiger partial charge is 0.268 e. The Morgan fingerprint density at radius 3 is 2.48 bits per heavy atom. The van der Waals surface area contributed by atoms with Crippen molar-refractivity contribution in [1.82, 2.24) is 14.9 Å². The highest BCUT2D eigenvalue weighted by molar-refractivity contribution is 7.22. The number of nitrogens with one attached hydrogen (secondary N) is 1. The maximum atomic E-state index is 12.7. The van der Waals surface area contributed by atoms with Gasteiger partial charge in [-0.3, -0.25) is 9.69 Å². The van der Waals surface area contributed by atoms with Gasteiger partial charge in [-0.25, -0.2) is 4.98 Å². The molecule has 0 saturated carbocycles. The Morgan fingerprint density at radius 2 is 1.76 bits per heavy atom. The second-order valence-corrected chi connectivity index (χ2v) is 9.05. The Morgan fingerprint density at radius 1 is 1.00 bits per heavy atom. The van der Waals surface area contributed by atoms with Crippen LogP contribution in [-0.2, 0) is 6.54 Å². The average Bonchev–Trinajstić information content (AvgIpc) is 3.29. The normalized spacial score (nSPS) is 14.5. The summed E-state index contributed by atoms with van der Waals surface area (Å²) in [5.41, 5.74) is 2.84. The van der Waals surface area contributed by atoms with Crippen LogP contribution in [0, 0.1) is 0 Å². The molecule has 1 N–H and O–H groups in total. The molecule has 1 saturated heterocycles. The maximum Gasteiger partial charge on any atom is 0.268 e. The number of piperazine rings is 1. The lowest BCUT2D eigenvalue weighted by Crippen LogP contribution is -2.46. The number of aromatic amines is 1. The van der Waals surface area contributed by atoms with E-state index in [-0.39, 0.29) is 5.56 Å². The molecule has 170 valence electrons. The highest BCUT2D eigenvalue weighted by atomic mass is 32.1. The van der Waals surface area contributed by atoms with Crippen LogP contribution < -0.4 is 19.9 Å². The van der Waals surface area contributed by atoms with Crippen LogP contribution in [0.2, 0.25) is 0 Å². The second kappa shape index (κ2) is 9.25. The van der Waals surface area contributed by atoms with Crippen molar-refractivity contribution >= 4 is 27.2 Å². The van der Waals surface area contributed by atoms with Gasteiger partial charge in [-0.15, -0.1) is 11.3 Å². The molecule has 0 atom stereocenters. The topological polar surface area (TPSA) is 70.7 Å². The fraction of sp³-hybridized carbons (Fsp3) is 0.280. The number of nitrogens with zero attached hydrogens (tertiary/aromatic N) is 3. The van der Waals surface area contributed by atoms with E-state index in [1.165, 1.54) is 11.3 Å². The fourth-order valence-electron chi connectivity index (χ4n) is 4.21. The van der Waals surface area contributed by atoms with E-state index in [1.54, 1.807) is 14.2 Å². The third-order valence-corrected chi connectivity index (χ3v) is 7.15. The van der Waals surface area contributed by atoms with Gasteiger partial charge in [0.15, 0.2) is 0 Å². The number of fused-ring (bicyclic) bond motifs is 1. The van der Waals surface area contributed by atoms with Crippen LogP contribution in [-0.4, -0.2) is 55.3 Å². The van der Waals surface area contributed by atoms with Crippen molar-refractivity contribution in [3.8, 4) is 21.9 Å². The lowest BCUT2D eigenvalue weighted by Gasteiger charge is -2.36. The van der Waals surface area contributed by atoms with Crippen LogP contribution in [0.15, 0.2) is 59.4 Å². The average molecular weight is 463 g/mol. The summed E-state index contributed by atoms with van der Waals surface area (Å²) in [4.78, 5) is 26.2. The summed E-state index contributed by atoms with van der Waals surface area (Å²) >= 11 is 1.47. The number of hydrogen-bond donors (Lipinski definition) is 1. The molecule has 1 fully saturated rings. The third kappa shape index (κ3) is 4.44. The first kappa shape index (κ1) is 21.5. The number of ether oxygens (including phenoxy) is 2. The molecule has 1 aliphatic heterocycles. The molecule has 0 amide bonds. The molecule has 5 rings (SSSR count). The van der Waals surface area contributed by atoms with Gasteiger partial charge in [0, 0.05) is 31.1 Å². The minimum Gasteiger partial charge on any atom is -0.497 e. The molecular weight excluding hydrogens is 436 g/mol. The molecule has 0 aliphatic carbocycles. The molecule has 0 spiro atoms. The van der Waals surface area contributed by atoms with Gasteiger partial charge in [-0.2, -0.15) is 0 Å². The summed E-state index contributed by atoms with van der Waals surface area (Å²) in [6, 6.07) is 18.0. The van der Waals surface area contributed by atoms with E-state index < -0.39 is 0 Å². The predicted molar refractivity (Wildman–Crippen MR) is 133 cm³/mol. The number of rotatable bonds is 6. The first-order chi connectivity index (χ1) is 16.1. The number of para-hydroxylation sites is 2. The van der Waals surface area contributed by atoms with Gasteiger partial charge in [0.25, 0.3) is 5.56 Å². The number of benzene rings is 2. The van der Waals surface area contributed by atoms with E-state index in [4.69, 9.17) is 14.5 Å². The van der Waals surface area contributed by atoms with E-state index in [2.05, 4.69) is 20.9 Å². The Balaban J connectivity index is 1.30. The summed E-state index contributed by atoms with van der Waals surface area (Å²) in [6.07, 6.45) is 0. The monoisotopic (exact) mass is 462 g/mol. The highest BCUT2D eigenvalue weighted by Crippen LogP contribution is 2.32. The third-order valence-electron chi connectivity index (χ3n) is 5.98. The van der Waals surface area contributed by atoms with E-state index >= 15 is 0 Å². The summed E-state index contributed by atoms with van der Waals surface area (Å²) in [7, 11) is 3.36. The molecule has 0 unspecified atom stereocenters. The van der Waals surface area contributed by atoms with Crippen molar-refractivity contribution in [3.05, 3.63) is 70.8 Å². The fourth-order valence-corrected chi connectivity index (χ4v) is 5.21. The lowest BCUT2D eigenvalue weighted by atomic mass is 10.2. The summed E-state index contributed by atoms with van der Waals surface area (Å²) < 4.78 is 11.4. The van der Waals surface area contributed by atoms with E-state index in [1.807, 2.05) is 48.5 Å². The Bertz CT molecular complexity index is 1310. The van der Waals surface area contributed by atoms with Gasteiger partial charge in [-0.05, 0) is 48.0 Å². The Hall–Kier alpha value is -3.36. The molecule has 0 radical (unpaired) electrons. The molecular formula is C25H26N4O3S. The maximum absolute atomic E-state index is 12.7. The van der Waals surface area contributed by atoms with Gasteiger partial charge in [-0.1, -0.05) is 12.1 Å². The summed E-state index contributed by atoms with van der Waals surface area (Å²) in [6.45, 7) is 4.19. The van der Waals surface area contributed by atoms with Crippen LogP contribution in [0.4, 0.5) is 5.69 Å². The van der Waals surface area contributed by atoms with Crippen LogP contribution in [0.1, 0.15) is 5.82 Å². The van der Waals surface area contributed by atoms with Gasteiger partial charge in [0.2, 0.25) is 0 Å². The van der Waals surface area contributed by atoms with Crippen molar-refractivity contribution in [1.29, 1.82) is 0 Å². The minimum absolute atomic E-state index is 0.0765. The Labute approximate surface area is 196 Å². The van der Waals surface area contributed by atoms with Crippen LogP contribution in [0.3, 0.4) is 0 Å². The SMILES string of the molecule is COc1ccc(-c2cc3nc(CN4CCN(c5ccccc5OC)CC4)[nH]c(=O)c3s2)cc1. The first-order valence-electron chi connectivity index (χ1n) is 10.9. The standard InChI is InChI=1S/C25H26N4O3S/c1-31-18-9-7-17(8-10-18)22-15-19-24(33-22)25(30)27-23(26-19)16-28-11-13-29(14-12-28)20-5-3-4-6-21(20)32-2/h3-10,15H,11-14,16H2,1-2H3,(H,26,27,30). The molecule has 2 aromatic heterocycles. The quantitative estimate of drug-likeness (QED) is 0.467. The van der Waals surface area contributed by atoms with Gasteiger partial charge in [0.1, 0.15) is 22.0 Å². The number of aromatic nitrogens is 2. The van der Waals surface area contributed by atoms with Gasteiger partial charge >= 0.3 is 0 Å². The molecule has 8 heteroatoms. The first-order valence-corrected chi connectivity index (χ1v) is 11.7. The number of thiophene rings is 1. The van der Waals surface area contributed by atoms with Crippen LogP contribution in [0.5, 0.6) is 11.5 Å². The lowest BCUT2D eigenvalue weighted by molar-refractivity contribution is 0.243. The van der Waals surface area contributed by atoms with Crippen molar-refractivity contribution in [3.63, 3.8) is 0 Å². The largest absolute Gasteiger partial charge is 0.497 e. The Kier molecular flexibility index (Phi) is 6.02. The van der Waals surface area contributed by atoms with Crippen LogP contribution in [0.25, 0.3) is 20.7 Å². The van der Waals surface area contributed by atoms with E-state index in [0.29, 0.717) is 17.1 Å². The van der Waals surface area contributed by atoms with Crippen molar-refractivity contribution in [2.75, 3.05) is 45.3 Å². The van der Waals surface area contributed by atoms with Crippen LogP contribution >= 0.6 is 11.3 Å². The van der Waals surface area contributed by atoms with E-state index in [9.17, 15) is 4.79 Å². The number of anilines is 1. The number of H-pyrrole nitrogens is 1. The second-order valence-electron chi connectivity index (χ2n) is 8.00. The number of methoxy groups -OCH3 is 2. The highest BCUT2D eigenvalue weighted by Gasteiger charge is 2.20. The molecule has 1 aliphatic rings. The zero-order valence-corrected chi connectivity index (χ0v) is 19.5. The van der Waals surface area contributed by atoms with Crippen molar-refractivity contribution < 1.29 is 9.47 Å². The summed E-state index contributed by atoms with van der Waals surface area (Å²) in [5.74, 6) is 2.41. The summed E-state index contributed by atoms with van der Waals surface area (Å²) in [5, 5.41) is 0. The number of hydrogen-bond acceptors (Lipinski definition) is 7. The van der Waals surface area contributed by atoms with Crippen molar-refractivity contribution in [2.24, 2.45) is 0 Å². The molecule has 4 aromatic rings. The van der Waals surface area contributed by atoms with Gasteiger partial charge < -0.3 is 19.4 Å². The zero-order chi connectivity index (χ0) is 22.8. The molecule has 2 aromatic carbocycles. The zero-order valence-electron chi connectivity index (χ0n) is 18.7. The predicted octanol–water partition coefficient (Wildman–Crippen LogP) is 3.99. The molecule has 0 bridgehead atoms.